The third kappa shape index (κ3) is 3.35. The molecule has 7 rings (SSSR count). The van der Waals surface area contributed by atoms with Crippen molar-refractivity contribution >= 4 is 49.8 Å². The minimum absolute atomic E-state index is 0.910. The lowest BCUT2D eigenvalue weighted by Crippen LogP contribution is -2.10. The summed E-state index contributed by atoms with van der Waals surface area (Å²) in [6, 6.07) is 49.0. The van der Waals surface area contributed by atoms with E-state index >= 15 is 0 Å². The molecule has 0 aliphatic rings. The summed E-state index contributed by atoms with van der Waals surface area (Å²) in [5.74, 6) is 0. The van der Waals surface area contributed by atoms with Crippen molar-refractivity contribution in [2.24, 2.45) is 0 Å². The van der Waals surface area contributed by atoms with Crippen molar-refractivity contribution < 1.29 is 4.42 Å². The first-order valence-electron chi connectivity index (χ1n) is 12.2. The number of benzene rings is 6. The Morgan fingerprint density at radius 2 is 0.972 bits per heavy atom. The Labute approximate surface area is 209 Å². The molecule has 0 radical (unpaired) electrons. The summed E-state index contributed by atoms with van der Waals surface area (Å²) in [5.41, 5.74) is 7.61. The van der Waals surface area contributed by atoms with E-state index in [2.05, 4.69) is 132 Å². The van der Waals surface area contributed by atoms with Crippen molar-refractivity contribution in [1.29, 1.82) is 0 Å². The maximum atomic E-state index is 6.36. The lowest BCUT2D eigenvalue weighted by atomic mass is 10.0. The van der Waals surface area contributed by atoms with Crippen LogP contribution in [0.4, 0.5) is 17.1 Å². The minimum atomic E-state index is 0.910. The summed E-state index contributed by atoms with van der Waals surface area (Å²) in [6.07, 6.45) is 0. The number of para-hydroxylation sites is 2. The lowest BCUT2D eigenvalue weighted by Gasteiger charge is -2.27. The van der Waals surface area contributed by atoms with Gasteiger partial charge in [-0.2, -0.15) is 0 Å². The number of rotatable bonds is 4. The van der Waals surface area contributed by atoms with E-state index in [-0.39, 0.29) is 0 Å². The van der Waals surface area contributed by atoms with Gasteiger partial charge in [-0.3, -0.25) is 0 Å². The van der Waals surface area contributed by atoms with E-state index in [4.69, 9.17) is 4.42 Å². The first-order chi connectivity index (χ1) is 17.9. The summed E-state index contributed by atoms with van der Waals surface area (Å²) in [7, 11) is 0. The molecule has 0 spiro atoms. The maximum absolute atomic E-state index is 6.36. The third-order valence-corrected chi connectivity index (χ3v) is 6.85. The molecular formula is C34H23NO. The molecule has 1 heterocycles. The fraction of sp³-hybridized carbons (Fsp3) is 0. The quantitative estimate of drug-likeness (QED) is 0.259. The van der Waals surface area contributed by atoms with Crippen LogP contribution in [0.25, 0.3) is 43.8 Å². The molecule has 2 nitrogen and oxygen atoms in total. The highest BCUT2D eigenvalue weighted by Gasteiger charge is 2.19. The van der Waals surface area contributed by atoms with E-state index in [0.29, 0.717) is 0 Å². The molecule has 0 amide bonds. The van der Waals surface area contributed by atoms with E-state index in [1.54, 1.807) is 0 Å². The molecule has 36 heavy (non-hydrogen) atoms. The molecule has 0 saturated carbocycles. The zero-order valence-corrected chi connectivity index (χ0v) is 19.6. The maximum Gasteiger partial charge on any atom is 0.143 e. The SMILES string of the molecule is c1ccc(-c2ccc(N(c3ccccc3)c3cc4c5ccccc5oc4c4ccccc34)cc2)cc1. The van der Waals surface area contributed by atoms with Gasteiger partial charge in [0.25, 0.3) is 0 Å². The highest BCUT2D eigenvalue weighted by molar-refractivity contribution is 6.19. The van der Waals surface area contributed by atoms with Crippen molar-refractivity contribution in [2.75, 3.05) is 4.90 Å². The predicted molar refractivity (Wildman–Crippen MR) is 151 cm³/mol. The van der Waals surface area contributed by atoms with Gasteiger partial charge in [0.15, 0.2) is 0 Å². The average molecular weight is 462 g/mol. The minimum Gasteiger partial charge on any atom is -0.455 e. The number of hydrogen-bond acceptors (Lipinski definition) is 2. The number of hydrogen-bond donors (Lipinski definition) is 0. The van der Waals surface area contributed by atoms with Gasteiger partial charge in [0, 0.05) is 32.9 Å². The molecule has 170 valence electrons. The Balaban J connectivity index is 1.50. The Morgan fingerprint density at radius 3 is 1.72 bits per heavy atom. The van der Waals surface area contributed by atoms with Crippen molar-refractivity contribution in [1.82, 2.24) is 0 Å². The van der Waals surface area contributed by atoms with E-state index in [1.807, 2.05) is 12.1 Å². The zero-order valence-electron chi connectivity index (χ0n) is 19.6. The van der Waals surface area contributed by atoms with Gasteiger partial charge in [0.1, 0.15) is 11.2 Å². The lowest BCUT2D eigenvalue weighted by molar-refractivity contribution is 0.672. The third-order valence-electron chi connectivity index (χ3n) is 6.85. The Morgan fingerprint density at radius 1 is 0.417 bits per heavy atom. The fourth-order valence-corrected chi connectivity index (χ4v) is 5.15. The van der Waals surface area contributed by atoms with Gasteiger partial charge in [-0.1, -0.05) is 103 Å². The molecule has 0 aliphatic heterocycles. The van der Waals surface area contributed by atoms with Crippen LogP contribution in [0.15, 0.2) is 144 Å². The molecule has 1 aromatic heterocycles. The van der Waals surface area contributed by atoms with Crippen LogP contribution in [0.5, 0.6) is 0 Å². The van der Waals surface area contributed by atoms with E-state index in [9.17, 15) is 0 Å². The Hall–Kier alpha value is -4.82. The molecule has 0 atom stereocenters. The fourth-order valence-electron chi connectivity index (χ4n) is 5.15. The van der Waals surface area contributed by atoms with Crippen molar-refractivity contribution in [2.45, 2.75) is 0 Å². The van der Waals surface area contributed by atoms with Crippen LogP contribution >= 0.6 is 0 Å². The van der Waals surface area contributed by atoms with Crippen LogP contribution in [-0.2, 0) is 0 Å². The Bertz CT molecular complexity index is 1820. The summed E-state index contributed by atoms with van der Waals surface area (Å²) < 4.78 is 6.36. The second-order valence-corrected chi connectivity index (χ2v) is 9.00. The standard InChI is InChI=1S/C34H23NO/c1-3-11-24(12-4-1)25-19-21-27(22-20-25)35(26-13-5-2-6-14-26)32-23-31-29-16-9-10-18-33(29)36-34(31)30-17-8-7-15-28(30)32/h1-23H. The van der Waals surface area contributed by atoms with Crippen molar-refractivity contribution in [3.63, 3.8) is 0 Å². The molecule has 6 aromatic carbocycles. The van der Waals surface area contributed by atoms with Gasteiger partial charge in [0.2, 0.25) is 0 Å². The van der Waals surface area contributed by atoms with Crippen LogP contribution in [0.1, 0.15) is 0 Å². The number of furan rings is 1. The normalized spacial score (nSPS) is 11.3. The van der Waals surface area contributed by atoms with Crippen LogP contribution in [0.3, 0.4) is 0 Å². The molecule has 0 saturated heterocycles. The van der Waals surface area contributed by atoms with Gasteiger partial charge < -0.3 is 9.32 Å². The molecule has 0 unspecified atom stereocenters. The smallest absolute Gasteiger partial charge is 0.143 e. The molecule has 0 bridgehead atoms. The molecule has 2 heteroatoms. The van der Waals surface area contributed by atoms with Gasteiger partial charge in [-0.15, -0.1) is 0 Å². The summed E-state index contributed by atoms with van der Waals surface area (Å²) in [6.45, 7) is 0. The van der Waals surface area contributed by atoms with Gasteiger partial charge in [-0.05, 0) is 47.5 Å². The first kappa shape index (κ1) is 20.5. The molecule has 0 fully saturated rings. The second kappa shape index (κ2) is 8.44. The molecule has 7 aromatic rings. The van der Waals surface area contributed by atoms with Gasteiger partial charge in [0.05, 0.1) is 5.69 Å². The average Bonchev–Trinajstić information content (AvgIpc) is 3.34. The van der Waals surface area contributed by atoms with Crippen molar-refractivity contribution in [3.05, 3.63) is 140 Å². The van der Waals surface area contributed by atoms with E-state index in [1.165, 1.54) is 11.1 Å². The number of nitrogens with zero attached hydrogens (tertiary/aromatic N) is 1. The van der Waals surface area contributed by atoms with E-state index in [0.717, 1.165) is 49.8 Å². The molecule has 0 N–H and O–H groups in total. The number of anilines is 3. The van der Waals surface area contributed by atoms with Crippen LogP contribution < -0.4 is 4.90 Å². The van der Waals surface area contributed by atoms with Crippen molar-refractivity contribution in [3.8, 4) is 11.1 Å². The Kier molecular flexibility index (Phi) is 4.82. The number of fused-ring (bicyclic) bond motifs is 5. The highest BCUT2D eigenvalue weighted by atomic mass is 16.3. The molecular weight excluding hydrogens is 438 g/mol. The highest BCUT2D eigenvalue weighted by Crippen LogP contribution is 2.44. The summed E-state index contributed by atoms with van der Waals surface area (Å²) >= 11 is 0. The second-order valence-electron chi connectivity index (χ2n) is 9.00. The van der Waals surface area contributed by atoms with Crippen LogP contribution in [0.2, 0.25) is 0 Å². The summed E-state index contributed by atoms with van der Waals surface area (Å²) in [5, 5.41) is 4.52. The van der Waals surface area contributed by atoms with E-state index < -0.39 is 0 Å². The topological polar surface area (TPSA) is 16.4 Å². The summed E-state index contributed by atoms with van der Waals surface area (Å²) in [4.78, 5) is 2.35. The zero-order chi connectivity index (χ0) is 23.9. The largest absolute Gasteiger partial charge is 0.455 e. The van der Waals surface area contributed by atoms with Crippen LogP contribution in [-0.4, -0.2) is 0 Å². The molecule has 0 aliphatic carbocycles. The first-order valence-corrected chi connectivity index (χ1v) is 12.2. The van der Waals surface area contributed by atoms with Gasteiger partial charge in [-0.25, -0.2) is 0 Å². The predicted octanol–water partition coefficient (Wildman–Crippen LogP) is 9.88. The van der Waals surface area contributed by atoms with Crippen LogP contribution in [0, 0.1) is 0 Å². The van der Waals surface area contributed by atoms with Gasteiger partial charge >= 0.3 is 0 Å². The monoisotopic (exact) mass is 461 g/mol.